The maximum atomic E-state index is 6.18. The monoisotopic (exact) mass is 289 g/mol. The van der Waals surface area contributed by atoms with E-state index < -0.39 is 0 Å². The normalized spacial score (nSPS) is 12.2. The molecular formula is C17H20ClNO. The standard InChI is InChI=1S/C17H20ClNO/c1-12-4-7-14(8-5-12)16(19-3)11-20-17-9-6-13(2)10-15(17)18/h4-10,16,19H,11H2,1-3H3. The fraction of sp³-hybridized carbons (Fsp3) is 0.294. The molecule has 0 aromatic heterocycles. The Labute approximate surface area is 125 Å². The van der Waals surface area contributed by atoms with Crippen LogP contribution < -0.4 is 10.1 Å². The lowest BCUT2D eigenvalue weighted by Gasteiger charge is -2.18. The number of benzene rings is 2. The number of likely N-dealkylation sites (N-methyl/N-ethyl adjacent to an activating group) is 1. The summed E-state index contributed by atoms with van der Waals surface area (Å²) in [6.45, 7) is 4.64. The molecule has 0 aliphatic rings. The quantitative estimate of drug-likeness (QED) is 0.886. The number of hydrogen-bond acceptors (Lipinski definition) is 2. The molecule has 3 heteroatoms. The fourth-order valence-corrected chi connectivity index (χ4v) is 2.33. The molecule has 2 rings (SSSR count). The zero-order valence-electron chi connectivity index (χ0n) is 12.1. The zero-order chi connectivity index (χ0) is 14.5. The van der Waals surface area contributed by atoms with Crippen LogP contribution in [0.15, 0.2) is 42.5 Å². The van der Waals surface area contributed by atoms with Gasteiger partial charge in [0.1, 0.15) is 12.4 Å². The molecule has 20 heavy (non-hydrogen) atoms. The van der Waals surface area contributed by atoms with Crippen molar-refractivity contribution in [3.05, 3.63) is 64.2 Å². The molecule has 0 aliphatic carbocycles. The maximum absolute atomic E-state index is 6.18. The summed E-state index contributed by atoms with van der Waals surface area (Å²) in [6, 6.07) is 14.4. The maximum Gasteiger partial charge on any atom is 0.138 e. The van der Waals surface area contributed by atoms with Crippen LogP contribution in [0.3, 0.4) is 0 Å². The van der Waals surface area contributed by atoms with E-state index in [4.69, 9.17) is 16.3 Å². The third-order valence-electron chi connectivity index (χ3n) is 3.32. The molecule has 0 fully saturated rings. The minimum absolute atomic E-state index is 0.146. The van der Waals surface area contributed by atoms with E-state index in [0.29, 0.717) is 11.6 Å². The summed E-state index contributed by atoms with van der Waals surface area (Å²) in [5.74, 6) is 0.727. The van der Waals surface area contributed by atoms with Crippen LogP contribution in [0.5, 0.6) is 5.75 Å². The second-order valence-corrected chi connectivity index (χ2v) is 5.40. The van der Waals surface area contributed by atoms with Gasteiger partial charge in [0.2, 0.25) is 0 Å². The number of aryl methyl sites for hydroxylation is 2. The molecule has 0 saturated heterocycles. The molecule has 1 atom stereocenters. The predicted octanol–water partition coefficient (Wildman–Crippen LogP) is 4.30. The van der Waals surface area contributed by atoms with Gasteiger partial charge < -0.3 is 10.1 Å². The molecule has 1 unspecified atom stereocenters. The van der Waals surface area contributed by atoms with Crippen molar-refractivity contribution in [3.8, 4) is 5.75 Å². The number of hydrogen-bond donors (Lipinski definition) is 1. The first-order chi connectivity index (χ1) is 9.60. The Hall–Kier alpha value is -1.51. The Morgan fingerprint density at radius 1 is 1.05 bits per heavy atom. The van der Waals surface area contributed by atoms with E-state index >= 15 is 0 Å². The van der Waals surface area contributed by atoms with Crippen LogP contribution in [0.1, 0.15) is 22.7 Å². The zero-order valence-corrected chi connectivity index (χ0v) is 12.9. The lowest BCUT2D eigenvalue weighted by molar-refractivity contribution is 0.273. The van der Waals surface area contributed by atoms with Crippen molar-refractivity contribution in [1.82, 2.24) is 5.32 Å². The van der Waals surface area contributed by atoms with Crippen LogP contribution in [0, 0.1) is 13.8 Å². The average Bonchev–Trinajstić information content (AvgIpc) is 2.43. The summed E-state index contributed by atoms with van der Waals surface area (Å²) < 4.78 is 5.84. The van der Waals surface area contributed by atoms with Crippen molar-refractivity contribution >= 4 is 11.6 Å². The largest absolute Gasteiger partial charge is 0.490 e. The van der Waals surface area contributed by atoms with Gasteiger partial charge in [-0.05, 0) is 44.2 Å². The van der Waals surface area contributed by atoms with Crippen LogP contribution in [0.25, 0.3) is 0 Å². The highest BCUT2D eigenvalue weighted by Crippen LogP contribution is 2.26. The summed E-state index contributed by atoms with van der Waals surface area (Å²) in [6.07, 6.45) is 0. The van der Waals surface area contributed by atoms with Gasteiger partial charge in [-0.25, -0.2) is 0 Å². The molecule has 0 heterocycles. The Balaban J connectivity index is 2.05. The first-order valence-electron chi connectivity index (χ1n) is 6.73. The number of rotatable bonds is 5. The second-order valence-electron chi connectivity index (χ2n) is 5.00. The smallest absolute Gasteiger partial charge is 0.138 e. The van der Waals surface area contributed by atoms with Gasteiger partial charge >= 0.3 is 0 Å². The molecule has 106 valence electrons. The third kappa shape index (κ3) is 3.75. The van der Waals surface area contributed by atoms with E-state index in [1.54, 1.807) is 0 Å². The Bertz CT molecular complexity index is 566. The van der Waals surface area contributed by atoms with Gasteiger partial charge in [-0.2, -0.15) is 0 Å². The molecular weight excluding hydrogens is 270 g/mol. The number of ether oxygens (including phenoxy) is 1. The highest BCUT2D eigenvalue weighted by Gasteiger charge is 2.11. The van der Waals surface area contributed by atoms with E-state index in [2.05, 4.69) is 36.5 Å². The van der Waals surface area contributed by atoms with Crippen molar-refractivity contribution < 1.29 is 4.74 Å². The van der Waals surface area contributed by atoms with Crippen molar-refractivity contribution in [2.45, 2.75) is 19.9 Å². The Morgan fingerprint density at radius 3 is 2.30 bits per heavy atom. The van der Waals surface area contributed by atoms with Crippen molar-refractivity contribution in [2.75, 3.05) is 13.7 Å². The van der Waals surface area contributed by atoms with E-state index in [1.165, 1.54) is 11.1 Å². The van der Waals surface area contributed by atoms with Gasteiger partial charge in [-0.15, -0.1) is 0 Å². The van der Waals surface area contributed by atoms with E-state index in [9.17, 15) is 0 Å². The highest BCUT2D eigenvalue weighted by atomic mass is 35.5. The molecule has 1 N–H and O–H groups in total. The average molecular weight is 290 g/mol. The molecule has 2 nitrogen and oxygen atoms in total. The van der Waals surface area contributed by atoms with Crippen LogP contribution in [-0.2, 0) is 0 Å². The summed E-state index contributed by atoms with van der Waals surface area (Å²) in [5.41, 5.74) is 3.60. The number of halogens is 1. The summed E-state index contributed by atoms with van der Waals surface area (Å²) in [4.78, 5) is 0. The van der Waals surface area contributed by atoms with Gasteiger partial charge in [0.05, 0.1) is 11.1 Å². The molecule has 0 spiro atoms. The molecule has 0 aliphatic heterocycles. The highest BCUT2D eigenvalue weighted by molar-refractivity contribution is 6.32. The van der Waals surface area contributed by atoms with E-state index in [-0.39, 0.29) is 6.04 Å². The van der Waals surface area contributed by atoms with Gasteiger partial charge in [-0.3, -0.25) is 0 Å². The summed E-state index contributed by atoms with van der Waals surface area (Å²) in [5, 5.41) is 3.93. The molecule has 2 aromatic carbocycles. The number of nitrogens with one attached hydrogen (secondary N) is 1. The SMILES string of the molecule is CNC(COc1ccc(C)cc1Cl)c1ccc(C)cc1. The minimum Gasteiger partial charge on any atom is -0.490 e. The van der Waals surface area contributed by atoms with E-state index in [0.717, 1.165) is 11.3 Å². The Morgan fingerprint density at radius 2 is 1.70 bits per heavy atom. The summed E-state index contributed by atoms with van der Waals surface area (Å²) in [7, 11) is 1.94. The van der Waals surface area contributed by atoms with Crippen LogP contribution >= 0.6 is 11.6 Å². The lowest BCUT2D eigenvalue weighted by Crippen LogP contribution is -2.23. The molecule has 0 amide bonds. The topological polar surface area (TPSA) is 21.3 Å². The van der Waals surface area contributed by atoms with Gasteiger partial charge in [-0.1, -0.05) is 47.5 Å². The van der Waals surface area contributed by atoms with Gasteiger partial charge in [0.25, 0.3) is 0 Å². The predicted molar refractivity (Wildman–Crippen MR) is 84.7 cm³/mol. The molecule has 2 aromatic rings. The first kappa shape index (κ1) is 14.9. The second kappa shape index (κ2) is 6.78. The van der Waals surface area contributed by atoms with Crippen molar-refractivity contribution in [3.63, 3.8) is 0 Å². The first-order valence-corrected chi connectivity index (χ1v) is 7.10. The van der Waals surface area contributed by atoms with Crippen molar-refractivity contribution in [2.24, 2.45) is 0 Å². The van der Waals surface area contributed by atoms with Crippen LogP contribution in [-0.4, -0.2) is 13.7 Å². The third-order valence-corrected chi connectivity index (χ3v) is 3.62. The Kier molecular flexibility index (Phi) is 5.05. The van der Waals surface area contributed by atoms with Crippen LogP contribution in [0.4, 0.5) is 0 Å². The summed E-state index contributed by atoms with van der Waals surface area (Å²) >= 11 is 6.18. The van der Waals surface area contributed by atoms with Gasteiger partial charge in [0, 0.05) is 0 Å². The lowest BCUT2D eigenvalue weighted by atomic mass is 10.1. The molecule has 0 bridgehead atoms. The minimum atomic E-state index is 0.146. The van der Waals surface area contributed by atoms with Gasteiger partial charge in [0.15, 0.2) is 0 Å². The van der Waals surface area contributed by atoms with E-state index in [1.807, 2.05) is 32.2 Å². The fourth-order valence-electron chi connectivity index (χ4n) is 2.04. The molecule has 0 radical (unpaired) electrons. The van der Waals surface area contributed by atoms with Crippen molar-refractivity contribution in [1.29, 1.82) is 0 Å². The van der Waals surface area contributed by atoms with Crippen LogP contribution in [0.2, 0.25) is 5.02 Å². The molecule has 0 saturated carbocycles.